The van der Waals surface area contributed by atoms with E-state index in [0.717, 1.165) is 0 Å². The summed E-state index contributed by atoms with van der Waals surface area (Å²) in [5.41, 5.74) is 0.552. The molecule has 0 fully saturated rings. The highest BCUT2D eigenvalue weighted by Gasteiger charge is 2.11. The number of amides is 1. The van der Waals surface area contributed by atoms with Crippen LogP contribution in [-0.4, -0.2) is 18.5 Å². The van der Waals surface area contributed by atoms with Crippen LogP contribution in [0, 0.1) is 5.82 Å². The molecule has 1 rings (SSSR count). The van der Waals surface area contributed by atoms with Gasteiger partial charge in [-0.25, -0.2) is 4.39 Å². The number of halogens is 1. The first-order valence-electron chi connectivity index (χ1n) is 5.50. The minimum atomic E-state index is -0.366. The zero-order valence-electron chi connectivity index (χ0n) is 9.87. The van der Waals surface area contributed by atoms with Gasteiger partial charge in [-0.1, -0.05) is 24.3 Å². The van der Waals surface area contributed by atoms with Crippen LogP contribution in [-0.2, 0) is 11.3 Å². The number of rotatable bonds is 6. The Morgan fingerprint density at radius 3 is 2.88 bits per heavy atom. The lowest BCUT2D eigenvalue weighted by molar-refractivity contribution is -0.122. The summed E-state index contributed by atoms with van der Waals surface area (Å²) in [6, 6.07) is 6.13. The number of hydrogen-bond acceptors (Lipinski definition) is 2. The van der Waals surface area contributed by atoms with E-state index >= 15 is 0 Å². The van der Waals surface area contributed by atoms with Gasteiger partial charge in [-0.05, 0) is 13.0 Å². The van der Waals surface area contributed by atoms with E-state index in [1.807, 2.05) is 0 Å². The van der Waals surface area contributed by atoms with Crippen LogP contribution in [0.15, 0.2) is 36.9 Å². The first-order valence-corrected chi connectivity index (χ1v) is 5.50. The lowest BCUT2D eigenvalue weighted by Gasteiger charge is -2.13. The molecular weight excluding hydrogens is 219 g/mol. The quantitative estimate of drug-likeness (QED) is 0.737. The first-order chi connectivity index (χ1) is 8.15. The van der Waals surface area contributed by atoms with E-state index < -0.39 is 0 Å². The molecule has 17 heavy (non-hydrogen) atoms. The van der Waals surface area contributed by atoms with Crippen LogP contribution in [0.4, 0.5) is 4.39 Å². The summed E-state index contributed by atoms with van der Waals surface area (Å²) in [5.74, 6) is -0.389. The number of nitrogens with one attached hydrogen (secondary N) is 2. The maximum atomic E-state index is 13.3. The van der Waals surface area contributed by atoms with Crippen LogP contribution >= 0.6 is 0 Å². The van der Waals surface area contributed by atoms with Gasteiger partial charge in [0.15, 0.2) is 0 Å². The Kier molecular flexibility index (Phi) is 5.36. The molecule has 0 spiro atoms. The summed E-state index contributed by atoms with van der Waals surface area (Å²) in [7, 11) is 0. The normalized spacial score (nSPS) is 11.9. The fourth-order valence-corrected chi connectivity index (χ4v) is 1.32. The molecule has 1 atom stereocenters. The summed E-state index contributed by atoms with van der Waals surface area (Å²) >= 11 is 0. The van der Waals surface area contributed by atoms with Crippen molar-refractivity contribution >= 4 is 5.91 Å². The monoisotopic (exact) mass is 236 g/mol. The lowest BCUT2D eigenvalue weighted by atomic mass is 10.2. The van der Waals surface area contributed by atoms with Crippen molar-refractivity contribution in [3.8, 4) is 0 Å². The second-order valence-corrected chi connectivity index (χ2v) is 3.73. The van der Waals surface area contributed by atoms with E-state index in [-0.39, 0.29) is 17.8 Å². The number of carbonyl (C=O) groups is 1. The first kappa shape index (κ1) is 13.4. The molecule has 3 nitrogen and oxygen atoms in total. The molecule has 92 valence electrons. The molecule has 1 aromatic carbocycles. The van der Waals surface area contributed by atoms with Crippen LogP contribution in [0.5, 0.6) is 0 Å². The maximum Gasteiger partial charge on any atom is 0.237 e. The summed E-state index contributed by atoms with van der Waals surface area (Å²) in [6.07, 6.45) is 1.61. The molecule has 1 unspecified atom stereocenters. The average Bonchev–Trinajstić information content (AvgIpc) is 2.34. The van der Waals surface area contributed by atoms with E-state index in [0.29, 0.717) is 18.7 Å². The topological polar surface area (TPSA) is 41.1 Å². The number of benzene rings is 1. The molecule has 0 aliphatic rings. The molecule has 4 heteroatoms. The third kappa shape index (κ3) is 4.36. The second-order valence-electron chi connectivity index (χ2n) is 3.73. The molecule has 0 radical (unpaired) electrons. The minimum absolute atomic E-state index is 0.124. The molecule has 1 aromatic rings. The smallest absolute Gasteiger partial charge is 0.237 e. The summed E-state index contributed by atoms with van der Waals surface area (Å²) in [6.45, 7) is 6.01. The fourth-order valence-electron chi connectivity index (χ4n) is 1.32. The van der Waals surface area contributed by atoms with E-state index in [2.05, 4.69) is 17.2 Å². The van der Waals surface area contributed by atoms with Crippen LogP contribution in [0.1, 0.15) is 12.5 Å². The van der Waals surface area contributed by atoms with Gasteiger partial charge in [-0.2, -0.15) is 0 Å². The molecule has 0 aliphatic carbocycles. The molecule has 0 saturated carbocycles. The van der Waals surface area contributed by atoms with Gasteiger partial charge in [0.25, 0.3) is 0 Å². The van der Waals surface area contributed by atoms with E-state index in [1.165, 1.54) is 6.07 Å². The highest BCUT2D eigenvalue weighted by Crippen LogP contribution is 2.05. The molecule has 0 bridgehead atoms. The average molecular weight is 236 g/mol. The van der Waals surface area contributed by atoms with Gasteiger partial charge in [0.1, 0.15) is 5.82 Å². The Morgan fingerprint density at radius 1 is 1.53 bits per heavy atom. The van der Waals surface area contributed by atoms with Crippen LogP contribution in [0.2, 0.25) is 0 Å². The summed E-state index contributed by atoms with van der Waals surface area (Å²) in [4.78, 5) is 11.5. The molecule has 2 N–H and O–H groups in total. The minimum Gasteiger partial charge on any atom is -0.351 e. The Balaban J connectivity index is 2.42. The van der Waals surface area contributed by atoms with Crippen molar-refractivity contribution in [3.63, 3.8) is 0 Å². The van der Waals surface area contributed by atoms with Crippen molar-refractivity contribution in [2.45, 2.75) is 19.5 Å². The molecule has 1 amide bonds. The molecule has 0 aliphatic heterocycles. The van der Waals surface area contributed by atoms with Crippen LogP contribution in [0.3, 0.4) is 0 Å². The summed E-state index contributed by atoms with van der Waals surface area (Å²) in [5, 5.41) is 5.63. The van der Waals surface area contributed by atoms with Gasteiger partial charge in [0.05, 0.1) is 6.04 Å². The van der Waals surface area contributed by atoms with Crippen molar-refractivity contribution in [2.75, 3.05) is 6.54 Å². The molecule has 0 aromatic heterocycles. The van der Waals surface area contributed by atoms with Crippen LogP contribution < -0.4 is 10.6 Å². The van der Waals surface area contributed by atoms with E-state index in [1.54, 1.807) is 31.2 Å². The SMILES string of the molecule is C=CCNC(=O)C(C)NCc1ccccc1F. The number of carbonyl (C=O) groups excluding carboxylic acids is 1. The van der Waals surface area contributed by atoms with Gasteiger partial charge in [-0.15, -0.1) is 6.58 Å². The zero-order valence-corrected chi connectivity index (χ0v) is 9.87. The Morgan fingerprint density at radius 2 is 2.24 bits per heavy atom. The van der Waals surface area contributed by atoms with Gasteiger partial charge >= 0.3 is 0 Å². The van der Waals surface area contributed by atoms with Crippen molar-refractivity contribution in [1.82, 2.24) is 10.6 Å². The van der Waals surface area contributed by atoms with Gasteiger partial charge in [0.2, 0.25) is 5.91 Å². The third-order valence-corrected chi connectivity index (χ3v) is 2.37. The Bertz CT molecular complexity index is 393. The highest BCUT2D eigenvalue weighted by molar-refractivity contribution is 5.81. The summed E-state index contributed by atoms with van der Waals surface area (Å²) < 4.78 is 13.3. The standard InChI is InChI=1S/C13H17FN2O/c1-3-8-15-13(17)10(2)16-9-11-6-4-5-7-12(11)14/h3-7,10,16H,1,8-9H2,2H3,(H,15,17). The van der Waals surface area contributed by atoms with Crippen LogP contribution in [0.25, 0.3) is 0 Å². The van der Waals surface area contributed by atoms with Gasteiger partial charge in [0, 0.05) is 18.7 Å². The van der Waals surface area contributed by atoms with E-state index in [4.69, 9.17) is 0 Å². The fraction of sp³-hybridized carbons (Fsp3) is 0.308. The zero-order chi connectivity index (χ0) is 12.7. The Hall–Kier alpha value is -1.68. The van der Waals surface area contributed by atoms with Crippen molar-refractivity contribution in [2.24, 2.45) is 0 Å². The lowest BCUT2D eigenvalue weighted by Crippen LogP contribution is -2.41. The maximum absolute atomic E-state index is 13.3. The van der Waals surface area contributed by atoms with Gasteiger partial charge in [-0.3, -0.25) is 4.79 Å². The second kappa shape index (κ2) is 6.81. The van der Waals surface area contributed by atoms with Crippen molar-refractivity contribution in [3.05, 3.63) is 48.3 Å². The molecular formula is C13H17FN2O. The predicted octanol–water partition coefficient (Wildman–Crippen LogP) is 1.61. The number of hydrogen-bond donors (Lipinski definition) is 2. The van der Waals surface area contributed by atoms with Gasteiger partial charge < -0.3 is 10.6 Å². The molecule has 0 saturated heterocycles. The Labute approximate surface area is 101 Å². The van der Waals surface area contributed by atoms with Crippen molar-refractivity contribution < 1.29 is 9.18 Å². The molecule has 0 heterocycles. The largest absolute Gasteiger partial charge is 0.351 e. The van der Waals surface area contributed by atoms with E-state index in [9.17, 15) is 9.18 Å². The predicted molar refractivity (Wildman–Crippen MR) is 65.9 cm³/mol. The third-order valence-electron chi connectivity index (χ3n) is 2.37. The van der Waals surface area contributed by atoms with Crippen molar-refractivity contribution in [1.29, 1.82) is 0 Å². The highest BCUT2D eigenvalue weighted by atomic mass is 19.1.